The van der Waals surface area contributed by atoms with E-state index in [1.807, 2.05) is 18.2 Å². The minimum absolute atomic E-state index is 0. The van der Waals surface area contributed by atoms with Crippen LogP contribution in [0.15, 0.2) is 85.2 Å². The van der Waals surface area contributed by atoms with Gasteiger partial charge in [0.1, 0.15) is 18.9 Å². The zero-order valence-corrected chi connectivity index (χ0v) is 14.4. The Morgan fingerprint density at radius 3 is 2.20 bits per heavy atom. The van der Waals surface area contributed by atoms with Crippen molar-refractivity contribution in [1.29, 1.82) is 0 Å². The normalized spacial score (nSPS) is 10.6. The van der Waals surface area contributed by atoms with E-state index in [0.717, 1.165) is 18.7 Å². The summed E-state index contributed by atoms with van der Waals surface area (Å²) in [6.45, 7) is 1.56. The highest BCUT2D eigenvalue weighted by Gasteiger charge is 2.15. The minimum Gasteiger partial charge on any atom is -1.00 e. The summed E-state index contributed by atoms with van der Waals surface area (Å²) in [6, 6.07) is 25.5. The molecule has 0 aliphatic carbocycles. The van der Waals surface area contributed by atoms with Crippen LogP contribution in [0.4, 0.5) is 4.39 Å². The molecule has 2 nitrogen and oxygen atoms in total. The SMILES string of the molecule is Fc1ccc(Cn2c[n+](Cc3ccccc3)c3ccccc32)cc1.[Cl-]. The lowest BCUT2D eigenvalue weighted by molar-refractivity contribution is -0.663. The smallest absolute Gasteiger partial charge is 0.245 e. The van der Waals surface area contributed by atoms with E-state index < -0.39 is 0 Å². The van der Waals surface area contributed by atoms with Gasteiger partial charge in [0.2, 0.25) is 6.33 Å². The molecular formula is C21H18ClFN2. The van der Waals surface area contributed by atoms with Gasteiger partial charge in [-0.05, 0) is 35.4 Å². The monoisotopic (exact) mass is 352 g/mol. The van der Waals surface area contributed by atoms with E-state index in [9.17, 15) is 4.39 Å². The molecule has 3 aromatic carbocycles. The summed E-state index contributed by atoms with van der Waals surface area (Å²) >= 11 is 0. The fraction of sp³-hybridized carbons (Fsp3) is 0.0952. The number of nitrogens with zero attached hydrogens (tertiary/aromatic N) is 2. The molecule has 0 amide bonds. The Labute approximate surface area is 152 Å². The lowest BCUT2D eigenvalue weighted by Crippen LogP contribution is -3.00. The van der Waals surface area contributed by atoms with E-state index in [4.69, 9.17) is 0 Å². The van der Waals surface area contributed by atoms with Crippen molar-refractivity contribution < 1.29 is 21.4 Å². The molecule has 4 heteroatoms. The summed E-state index contributed by atoms with van der Waals surface area (Å²) in [5.74, 6) is -0.199. The Balaban J connectivity index is 0.00000182. The first-order valence-electron chi connectivity index (χ1n) is 8.05. The molecule has 0 atom stereocenters. The number of benzene rings is 3. The number of fused-ring (bicyclic) bond motifs is 1. The summed E-state index contributed by atoms with van der Waals surface area (Å²) in [6.07, 6.45) is 2.14. The standard InChI is InChI=1S/C21H18FN2.ClH/c22-19-12-10-18(11-13-19)15-24-16-23(14-17-6-2-1-3-7-17)20-8-4-5-9-21(20)24;/h1-13,16H,14-15H2;1H/q+1;/p-1. The van der Waals surface area contributed by atoms with Gasteiger partial charge in [-0.1, -0.05) is 54.6 Å². The highest BCUT2D eigenvalue weighted by molar-refractivity contribution is 5.71. The van der Waals surface area contributed by atoms with Crippen molar-refractivity contribution in [1.82, 2.24) is 4.57 Å². The summed E-state index contributed by atoms with van der Waals surface area (Å²) in [5.41, 5.74) is 4.73. The number of para-hydroxylation sites is 2. The first-order chi connectivity index (χ1) is 11.8. The molecule has 0 bridgehead atoms. The zero-order chi connectivity index (χ0) is 16.4. The van der Waals surface area contributed by atoms with Crippen molar-refractivity contribution in [2.24, 2.45) is 0 Å². The van der Waals surface area contributed by atoms with Crippen molar-refractivity contribution in [2.45, 2.75) is 13.1 Å². The molecule has 25 heavy (non-hydrogen) atoms. The van der Waals surface area contributed by atoms with E-state index in [-0.39, 0.29) is 18.2 Å². The lowest BCUT2D eigenvalue weighted by Gasteiger charge is -1.99. The van der Waals surface area contributed by atoms with Crippen LogP contribution in [0.25, 0.3) is 11.0 Å². The molecule has 0 N–H and O–H groups in total. The fourth-order valence-corrected chi connectivity index (χ4v) is 3.06. The van der Waals surface area contributed by atoms with Gasteiger partial charge >= 0.3 is 0 Å². The third-order valence-electron chi connectivity index (χ3n) is 4.24. The number of halogens is 2. The molecule has 1 aromatic heterocycles. The quantitative estimate of drug-likeness (QED) is 0.488. The Kier molecular flexibility index (Phi) is 5.15. The molecule has 0 aliphatic rings. The van der Waals surface area contributed by atoms with Crippen LogP contribution in [-0.2, 0) is 13.1 Å². The maximum absolute atomic E-state index is 13.1. The maximum Gasteiger partial charge on any atom is 0.245 e. The second-order valence-corrected chi connectivity index (χ2v) is 5.97. The van der Waals surface area contributed by atoms with E-state index in [1.165, 1.54) is 28.7 Å². The van der Waals surface area contributed by atoms with Gasteiger partial charge in [-0.2, -0.15) is 0 Å². The summed E-state index contributed by atoms with van der Waals surface area (Å²) in [7, 11) is 0. The third-order valence-corrected chi connectivity index (χ3v) is 4.24. The molecule has 1 heterocycles. The zero-order valence-electron chi connectivity index (χ0n) is 13.6. The van der Waals surface area contributed by atoms with Crippen molar-refractivity contribution in [3.05, 3.63) is 102 Å². The van der Waals surface area contributed by atoms with E-state index in [2.05, 4.69) is 64.0 Å². The third kappa shape index (κ3) is 3.72. The van der Waals surface area contributed by atoms with Crippen LogP contribution >= 0.6 is 0 Å². The van der Waals surface area contributed by atoms with Crippen LogP contribution < -0.4 is 17.0 Å². The summed E-state index contributed by atoms with van der Waals surface area (Å²) in [4.78, 5) is 0. The maximum atomic E-state index is 13.1. The molecule has 0 saturated heterocycles. The van der Waals surface area contributed by atoms with Crippen LogP contribution in [0.1, 0.15) is 11.1 Å². The molecule has 0 spiro atoms. The van der Waals surface area contributed by atoms with Crippen LogP contribution in [0.5, 0.6) is 0 Å². The first kappa shape index (κ1) is 17.2. The Hall–Kier alpha value is -2.65. The highest BCUT2D eigenvalue weighted by atomic mass is 35.5. The van der Waals surface area contributed by atoms with Gasteiger partial charge in [0.25, 0.3) is 0 Å². The van der Waals surface area contributed by atoms with Gasteiger partial charge < -0.3 is 12.4 Å². The molecular weight excluding hydrogens is 335 g/mol. The molecule has 4 rings (SSSR count). The van der Waals surface area contributed by atoms with Gasteiger partial charge in [0, 0.05) is 0 Å². The fourth-order valence-electron chi connectivity index (χ4n) is 3.06. The van der Waals surface area contributed by atoms with E-state index in [0.29, 0.717) is 0 Å². The molecule has 0 radical (unpaired) electrons. The number of hydrogen-bond acceptors (Lipinski definition) is 0. The summed E-state index contributed by atoms with van der Waals surface area (Å²) < 4.78 is 17.6. The lowest BCUT2D eigenvalue weighted by atomic mass is 10.2. The van der Waals surface area contributed by atoms with Crippen LogP contribution in [0.3, 0.4) is 0 Å². The number of imidazole rings is 1. The van der Waals surface area contributed by atoms with Crippen LogP contribution in [0, 0.1) is 5.82 Å². The highest BCUT2D eigenvalue weighted by Crippen LogP contribution is 2.14. The van der Waals surface area contributed by atoms with Crippen molar-refractivity contribution in [3.63, 3.8) is 0 Å². The number of rotatable bonds is 4. The van der Waals surface area contributed by atoms with Crippen molar-refractivity contribution in [2.75, 3.05) is 0 Å². The molecule has 0 unspecified atom stereocenters. The summed E-state index contributed by atoms with van der Waals surface area (Å²) in [5, 5.41) is 0. The number of aromatic nitrogens is 2. The molecule has 126 valence electrons. The van der Waals surface area contributed by atoms with E-state index in [1.54, 1.807) is 0 Å². The van der Waals surface area contributed by atoms with E-state index >= 15 is 0 Å². The number of hydrogen-bond donors (Lipinski definition) is 0. The van der Waals surface area contributed by atoms with Crippen molar-refractivity contribution in [3.8, 4) is 0 Å². The minimum atomic E-state index is -0.199. The second-order valence-electron chi connectivity index (χ2n) is 5.97. The Bertz CT molecular complexity index is 962. The van der Waals surface area contributed by atoms with Gasteiger partial charge in [-0.3, -0.25) is 0 Å². The average molecular weight is 353 g/mol. The predicted molar refractivity (Wildman–Crippen MR) is 93.2 cm³/mol. The molecule has 0 saturated carbocycles. The largest absolute Gasteiger partial charge is 1.00 e. The van der Waals surface area contributed by atoms with Crippen molar-refractivity contribution >= 4 is 11.0 Å². The first-order valence-corrected chi connectivity index (χ1v) is 8.05. The van der Waals surface area contributed by atoms with Crippen LogP contribution in [0.2, 0.25) is 0 Å². The van der Waals surface area contributed by atoms with Gasteiger partial charge in [0.05, 0.1) is 0 Å². The Morgan fingerprint density at radius 1 is 0.760 bits per heavy atom. The molecule has 4 aromatic rings. The predicted octanol–water partition coefficient (Wildman–Crippen LogP) is 1.17. The Morgan fingerprint density at radius 2 is 1.44 bits per heavy atom. The van der Waals surface area contributed by atoms with Crippen LogP contribution in [-0.4, -0.2) is 4.57 Å². The van der Waals surface area contributed by atoms with Gasteiger partial charge in [-0.25, -0.2) is 13.5 Å². The van der Waals surface area contributed by atoms with Gasteiger partial charge in [-0.15, -0.1) is 0 Å². The second kappa shape index (κ2) is 7.49. The van der Waals surface area contributed by atoms with Gasteiger partial charge in [0.15, 0.2) is 11.0 Å². The topological polar surface area (TPSA) is 8.81 Å². The average Bonchev–Trinajstić information content (AvgIpc) is 2.96. The molecule has 0 fully saturated rings. The molecule has 0 aliphatic heterocycles.